The van der Waals surface area contributed by atoms with E-state index in [-0.39, 0.29) is 10.6 Å². The molecule has 1 nitrogen and oxygen atoms in total. The van der Waals surface area contributed by atoms with Gasteiger partial charge in [0.1, 0.15) is 11.6 Å². The van der Waals surface area contributed by atoms with Crippen molar-refractivity contribution < 1.29 is 9.13 Å². The van der Waals surface area contributed by atoms with Gasteiger partial charge in [-0.05, 0) is 51.3 Å². The van der Waals surface area contributed by atoms with E-state index in [0.29, 0.717) is 0 Å². The maximum atomic E-state index is 12.9. The van der Waals surface area contributed by atoms with Gasteiger partial charge in [-0.1, -0.05) is 34.1 Å². The van der Waals surface area contributed by atoms with Crippen molar-refractivity contribution in [3.05, 3.63) is 63.9 Å². The topological polar surface area (TPSA) is 9.23 Å². The lowest BCUT2D eigenvalue weighted by atomic mass is 10.0. The largest absolute Gasteiger partial charge is 0.496 e. The molecule has 0 aliphatic carbocycles. The molecule has 0 spiro atoms. The first-order chi connectivity index (χ1) is 8.61. The summed E-state index contributed by atoms with van der Waals surface area (Å²) in [6.45, 7) is 0. The van der Waals surface area contributed by atoms with Crippen molar-refractivity contribution in [2.75, 3.05) is 7.11 Å². The Morgan fingerprint density at radius 3 is 2.22 bits per heavy atom. The van der Waals surface area contributed by atoms with Gasteiger partial charge in [0.2, 0.25) is 0 Å². The first-order valence-corrected chi connectivity index (χ1v) is 7.05. The normalized spacial score (nSPS) is 12.2. The fraction of sp³-hybridized carbons (Fsp3) is 0.143. The van der Waals surface area contributed by atoms with E-state index in [1.54, 1.807) is 19.2 Å². The van der Waals surface area contributed by atoms with Crippen LogP contribution in [0.2, 0.25) is 0 Å². The lowest BCUT2D eigenvalue weighted by Gasteiger charge is -2.12. The van der Waals surface area contributed by atoms with E-state index in [2.05, 4.69) is 31.9 Å². The van der Waals surface area contributed by atoms with Gasteiger partial charge >= 0.3 is 0 Å². The summed E-state index contributed by atoms with van der Waals surface area (Å²) in [7, 11) is 1.63. The molecule has 0 N–H and O–H groups in total. The molecule has 0 radical (unpaired) electrons. The van der Waals surface area contributed by atoms with Crippen LogP contribution in [0.25, 0.3) is 0 Å². The first-order valence-electron chi connectivity index (χ1n) is 5.35. The quantitative estimate of drug-likeness (QED) is 0.681. The van der Waals surface area contributed by atoms with Crippen molar-refractivity contribution in [3.63, 3.8) is 0 Å². The highest BCUT2D eigenvalue weighted by Crippen LogP contribution is 2.35. The molecule has 94 valence electrons. The van der Waals surface area contributed by atoms with Gasteiger partial charge in [-0.3, -0.25) is 0 Å². The van der Waals surface area contributed by atoms with Gasteiger partial charge in [-0.15, -0.1) is 0 Å². The third-order valence-corrected chi connectivity index (χ3v) is 4.31. The number of halogens is 3. The van der Waals surface area contributed by atoms with Crippen LogP contribution < -0.4 is 4.74 Å². The van der Waals surface area contributed by atoms with Crippen LogP contribution in [-0.4, -0.2) is 7.11 Å². The fourth-order valence-corrected chi connectivity index (χ4v) is 2.81. The molecule has 0 aromatic heterocycles. The molecule has 0 heterocycles. The number of rotatable bonds is 3. The van der Waals surface area contributed by atoms with E-state index < -0.39 is 0 Å². The van der Waals surface area contributed by atoms with Crippen LogP contribution >= 0.6 is 31.9 Å². The van der Waals surface area contributed by atoms with Gasteiger partial charge in [0, 0.05) is 0 Å². The molecule has 2 aromatic rings. The molecule has 0 aliphatic heterocycles. The monoisotopic (exact) mass is 372 g/mol. The van der Waals surface area contributed by atoms with Crippen LogP contribution in [0.4, 0.5) is 4.39 Å². The van der Waals surface area contributed by atoms with Crippen LogP contribution in [0.15, 0.2) is 46.9 Å². The van der Waals surface area contributed by atoms with E-state index >= 15 is 0 Å². The highest BCUT2D eigenvalue weighted by molar-refractivity contribution is 9.10. The van der Waals surface area contributed by atoms with Gasteiger partial charge in [0.25, 0.3) is 0 Å². The first kappa shape index (κ1) is 13.6. The van der Waals surface area contributed by atoms with Crippen molar-refractivity contribution in [2.45, 2.75) is 4.83 Å². The van der Waals surface area contributed by atoms with Crippen molar-refractivity contribution in [2.24, 2.45) is 0 Å². The molecule has 0 saturated heterocycles. The fourth-order valence-electron chi connectivity index (χ4n) is 1.66. The molecule has 2 aromatic carbocycles. The van der Waals surface area contributed by atoms with Crippen molar-refractivity contribution in [3.8, 4) is 5.75 Å². The Bertz CT molecular complexity index is 540. The zero-order valence-corrected chi connectivity index (χ0v) is 12.8. The number of hydrogen-bond acceptors (Lipinski definition) is 1. The van der Waals surface area contributed by atoms with E-state index in [0.717, 1.165) is 21.3 Å². The Hall–Kier alpha value is -0.870. The van der Waals surface area contributed by atoms with Crippen molar-refractivity contribution in [1.82, 2.24) is 0 Å². The highest BCUT2D eigenvalue weighted by atomic mass is 79.9. The Balaban J connectivity index is 2.31. The Labute approximate surface area is 122 Å². The van der Waals surface area contributed by atoms with E-state index in [4.69, 9.17) is 4.74 Å². The van der Waals surface area contributed by atoms with Gasteiger partial charge < -0.3 is 4.74 Å². The minimum absolute atomic E-state index is 0.0281. The second kappa shape index (κ2) is 5.85. The summed E-state index contributed by atoms with van der Waals surface area (Å²) in [5, 5.41) is 0. The van der Waals surface area contributed by atoms with Crippen molar-refractivity contribution >= 4 is 31.9 Å². The molecule has 0 saturated carbocycles. The SMILES string of the molecule is COc1ccc(C(Br)c2ccc(F)cc2)cc1Br. The average molecular weight is 374 g/mol. The summed E-state index contributed by atoms with van der Waals surface area (Å²) in [6.07, 6.45) is 0. The lowest BCUT2D eigenvalue weighted by Crippen LogP contribution is -1.94. The van der Waals surface area contributed by atoms with E-state index in [1.165, 1.54) is 12.1 Å². The highest BCUT2D eigenvalue weighted by Gasteiger charge is 2.12. The van der Waals surface area contributed by atoms with E-state index in [1.807, 2.05) is 18.2 Å². The van der Waals surface area contributed by atoms with Gasteiger partial charge in [-0.25, -0.2) is 4.39 Å². The van der Waals surface area contributed by atoms with Crippen LogP contribution in [0.1, 0.15) is 16.0 Å². The second-order valence-corrected chi connectivity index (χ2v) is 5.58. The minimum Gasteiger partial charge on any atom is -0.496 e. The number of ether oxygens (including phenoxy) is 1. The minimum atomic E-state index is -0.227. The number of methoxy groups -OCH3 is 1. The summed E-state index contributed by atoms with van der Waals surface area (Å²) in [5.41, 5.74) is 2.09. The summed E-state index contributed by atoms with van der Waals surface area (Å²) >= 11 is 7.07. The molecule has 2 rings (SSSR count). The Kier molecular flexibility index (Phi) is 4.40. The zero-order chi connectivity index (χ0) is 13.1. The summed E-state index contributed by atoms with van der Waals surface area (Å²) in [5.74, 6) is 0.562. The third kappa shape index (κ3) is 2.93. The molecule has 1 atom stereocenters. The number of benzene rings is 2. The van der Waals surface area contributed by atoms with Crippen molar-refractivity contribution in [1.29, 1.82) is 0 Å². The standard InChI is InChI=1S/C14H11Br2FO/c1-18-13-7-4-10(8-12(13)15)14(16)9-2-5-11(17)6-3-9/h2-8,14H,1H3. The van der Waals surface area contributed by atoms with Crippen LogP contribution in [0.3, 0.4) is 0 Å². The number of hydrogen-bond donors (Lipinski definition) is 0. The van der Waals surface area contributed by atoms with E-state index in [9.17, 15) is 4.39 Å². The third-order valence-electron chi connectivity index (χ3n) is 2.63. The lowest BCUT2D eigenvalue weighted by molar-refractivity contribution is 0.412. The molecular formula is C14H11Br2FO. The summed E-state index contributed by atoms with van der Waals surface area (Å²) in [4.78, 5) is 0.0281. The Morgan fingerprint density at radius 2 is 1.67 bits per heavy atom. The number of alkyl halides is 1. The predicted octanol–water partition coefficient (Wildman–Crippen LogP) is 5.08. The molecule has 18 heavy (non-hydrogen) atoms. The van der Waals surface area contributed by atoms with Gasteiger partial charge in [0.05, 0.1) is 16.4 Å². The van der Waals surface area contributed by atoms with Crippen LogP contribution in [0, 0.1) is 5.82 Å². The molecule has 1 unspecified atom stereocenters. The van der Waals surface area contributed by atoms with Gasteiger partial charge in [0.15, 0.2) is 0 Å². The second-order valence-electron chi connectivity index (χ2n) is 3.81. The average Bonchev–Trinajstić information content (AvgIpc) is 2.38. The zero-order valence-electron chi connectivity index (χ0n) is 9.66. The maximum absolute atomic E-state index is 12.9. The predicted molar refractivity (Wildman–Crippen MR) is 77.9 cm³/mol. The molecule has 0 aliphatic rings. The summed E-state index contributed by atoms with van der Waals surface area (Å²) in [6, 6.07) is 12.3. The Morgan fingerprint density at radius 1 is 1.06 bits per heavy atom. The summed E-state index contributed by atoms with van der Waals surface area (Å²) < 4.78 is 19.0. The van der Waals surface area contributed by atoms with Crippen LogP contribution in [0.5, 0.6) is 5.75 Å². The molecule has 4 heteroatoms. The smallest absolute Gasteiger partial charge is 0.133 e. The maximum Gasteiger partial charge on any atom is 0.133 e. The molecule has 0 amide bonds. The molecule has 0 bridgehead atoms. The molecular weight excluding hydrogens is 363 g/mol. The molecule has 0 fully saturated rings. The van der Waals surface area contributed by atoms with Crippen LogP contribution in [-0.2, 0) is 0 Å². The van der Waals surface area contributed by atoms with Gasteiger partial charge in [-0.2, -0.15) is 0 Å².